The average molecular weight is 441 g/mol. The van der Waals surface area contributed by atoms with E-state index in [4.69, 9.17) is 9.84 Å². The molecular formula is C17H15Br2NO3. The number of benzene rings is 2. The monoisotopic (exact) mass is 439 g/mol. The van der Waals surface area contributed by atoms with Crippen molar-refractivity contribution >= 4 is 49.7 Å². The minimum Gasteiger partial charge on any atom is -0.480 e. The van der Waals surface area contributed by atoms with Gasteiger partial charge in [0.1, 0.15) is 5.75 Å². The number of nitrogens with zero attached hydrogens (tertiary/aromatic N) is 1. The van der Waals surface area contributed by atoms with Gasteiger partial charge >= 0.3 is 5.97 Å². The van der Waals surface area contributed by atoms with E-state index in [1.165, 1.54) is 5.56 Å². The van der Waals surface area contributed by atoms with Gasteiger partial charge in [-0.3, -0.25) is 4.99 Å². The quantitative estimate of drug-likeness (QED) is 0.643. The van der Waals surface area contributed by atoms with Crippen LogP contribution in [0, 0.1) is 0 Å². The minimum absolute atomic E-state index is 0.410. The van der Waals surface area contributed by atoms with Gasteiger partial charge in [0.15, 0.2) is 6.61 Å². The Bertz CT molecular complexity index is 727. The lowest BCUT2D eigenvalue weighted by Crippen LogP contribution is -2.11. The van der Waals surface area contributed by atoms with Crippen LogP contribution in [0.2, 0.25) is 0 Å². The molecule has 0 aliphatic rings. The van der Waals surface area contributed by atoms with Gasteiger partial charge in [-0.2, -0.15) is 0 Å². The molecule has 0 aliphatic carbocycles. The molecule has 1 N–H and O–H groups in total. The summed E-state index contributed by atoms with van der Waals surface area (Å²) in [5.41, 5.74) is 2.76. The molecule has 2 aromatic carbocycles. The lowest BCUT2D eigenvalue weighted by molar-refractivity contribution is -0.139. The number of aliphatic imine (C=N–C) groups is 1. The van der Waals surface area contributed by atoms with Crippen molar-refractivity contribution in [2.75, 3.05) is 6.61 Å². The lowest BCUT2D eigenvalue weighted by atomic mass is 10.1. The Morgan fingerprint density at radius 3 is 2.57 bits per heavy atom. The van der Waals surface area contributed by atoms with Crippen LogP contribution < -0.4 is 4.74 Å². The van der Waals surface area contributed by atoms with E-state index in [0.717, 1.165) is 16.6 Å². The molecule has 120 valence electrons. The SMILES string of the molecule is CCc1ccc(N=Cc2cc(Br)cc(Br)c2OCC(=O)O)cc1. The van der Waals surface area contributed by atoms with Gasteiger partial charge in [0, 0.05) is 16.3 Å². The van der Waals surface area contributed by atoms with Crippen molar-refractivity contribution in [1.82, 2.24) is 0 Å². The normalized spacial score (nSPS) is 10.9. The Labute approximate surface area is 151 Å². The average Bonchev–Trinajstić information content (AvgIpc) is 2.52. The first-order chi connectivity index (χ1) is 11.0. The van der Waals surface area contributed by atoms with E-state index in [9.17, 15) is 4.79 Å². The van der Waals surface area contributed by atoms with Crippen LogP contribution in [-0.2, 0) is 11.2 Å². The number of ether oxygens (including phenoxy) is 1. The number of aliphatic carboxylic acids is 1. The van der Waals surface area contributed by atoms with Crippen LogP contribution in [-0.4, -0.2) is 23.9 Å². The third-order valence-electron chi connectivity index (χ3n) is 3.07. The summed E-state index contributed by atoms with van der Waals surface area (Å²) in [5.74, 6) is -0.581. The van der Waals surface area contributed by atoms with Crippen molar-refractivity contribution < 1.29 is 14.6 Å². The number of halogens is 2. The number of hydrogen-bond donors (Lipinski definition) is 1. The van der Waals surface area contributed by atoms with E-state index in [-0.39, 0.29) is 0 Å². The second kappa shape index (κ2) is 8.26. The number of aryl methyl sites for hydroxylation is 1. The predicted molar refractivity (Wildman–Crippen MR) is 98.0 cm³/mol. The zero-order valence-corrected chi connectivity index (χ0v) is 15.6. The highest BCUT2D eigenvalue weighted by molar-refractivity contribution is 9.11. The summed E-state index contributed by atoms with van der Waals surface area (Å²) < 4.78 is 6.86. The number of hydrogen-bond acceptors (Lipinski definition) is 3. The second-order valence-corrected chi connectivity index (χ2v) is 6.54. The molecule has 0 saturated carbocycles. The molecule has 2 rings (SSSR count). The molecule has 0 unspecified atom stereocenters. The molecule has 0 amide bonds. The predicted octanol–water partition coefficient (Wildman–Crippen LogP) is 4.99. The highest BCUT2D eigenvalue weighted by Crippen LogP contribution is 2.32. The summed E-state index contributed by atoms with van der Waals surface area (Å²) in [6, 6.07) is 11.6. The van der Waals surface area contributed by atoms with Crippen LogP contribution in [0.25, 0.3) is 0 Å². The summed E-state index contributed by atoms with van der Waals surface area (Å²) in [6.45, 7) is 1.69. The molecule has 0 atom stereocenters. The maximum Gasteiger partial charge on any atom is 0.341 e. The number of rotatable bonds is 6. The first kappa shape index (κ1) is 17.7. The molecule has 0 aliphatic heterocycles. The zero-order chi connectivity index (χ0) is 16.8. The molecule has 4 nitrogen and oxygen atoms in total. The number of carboxylic acids is 1. The molecule has 0 heterocycles. The fourth-order valence-corrected chi connectivity index (χ4v) is 3.30. The highest BCUT2D eigenvalue weighted by atomic mass is 79.9. The largest absolute Gasteiger partial charge is 0.480 e. The van der Waals surface area contributed by atoms with Crippen molar-refractivity contribution in [3.05, 3.63) is 56.5 Å². The molecule has 0 aromatic heterocycles. The van der Waals surface area contributed by atoms with Gasteiger partial charge in [0.05, 0.1) is 10.2 Å². The standard InChI is InChI=1S/C17H15Br2NO3/c1-2-11-3-5-14(6-4-11)20-9-12-7-13(18)8-15(19)17(12)23-10-16(21)22/h3-9H,2,10H2,1H3,(H,21,22). The van der Waals surface area contributed by atoms with Crippen molar-refractivity contribution in [2.24, 2.45) is 4.99 Å². The van der Waals surface area contributed by atoms with Crippen LogP contribution >= 0.6 is 31.9 Å². The van der Waals surface area contributed by atoms with E-state index in [2.05, 4.69) is 43.8 Å². The summed E-state index contributed by atoms with van der Waals surface area (Å²) in [5, 5.41) is 8.79. The first-order valence-corrected chi connectivity index (χ1v) is 8.55. The van der Waals surface area contributed by atoms with Crippen LogP contribution in [0.4, 0.5) is 5.69 Å². The summed E-state index contributed by atoms with van der Waals surface area (Å²) in [6.07, 6.45) is 2.64. The summed E-state index contributed by atoms with van der Waals surface area (Å²) in [4.78, 5) is 15.1. The Morgan fingerprint density at radius 1 is 1.26 bits per heavy atom. The zero-order valence-electron chi connectivity index (χ0n) is 12.4. The minimum atomic E-state index is -1.03. The fourth-order valence-electron chi connectivity index (χ4n) is 1.92. The topological polar surface area (TPSA) is 58.9 Å². The molecule has 2 aromatic rings. The second-order valence-electron chi connectivity index (χ2n) is 4.77. The Morgan fingerprint density at radius 2 is 1.96 bits per heavy atom. The fraction of sp³-hybridized carbons (Fsp3) is 0.176. The lowest BCUT2D eigenvalue weighted by Gasteiger charge is -2.10. The highest BCUT2D eigenvalue weighted by Gasteiger charge is 2.10. The van der Waals surface area contributed by atoms with Crippen LogP contribution in [0.5, 0.6) is 5.75 Å². The Kier molecular flexibility index (Phi) is 6.36. The third kappa shape index (κ3) is 5.18. The Hall–Kier alpha value is -1.66. The maximum atomic E-state index is 10.7. The molecule has 0 fully saturated rings. The number of carbonyl (C=O) groups is 1. The summed E-state index contributed by atoms with van der Waals surface area (Å²) >= 11 is 6.79. The van der Waals surface area contributed by atoms with E-state index >= 15 is 0 Å². The van der Waals surface area contributed by atoms with Crippen molar-refractivity contribution in [2.45, 2.75) is 13.3 Å². The van der Waals surface area contributed by atoms with Gasteiger partial charge < -0.3 is 9.84 Å². The van der Waals surface area contributed by atoms with Gasteiger partial charge in [0.2, 0.25) is 0 Å². The van der Waals surface area contributed by atoms with E-state index in [1.54, 1.807) is 12.3 Å². The van der Waals surface area contributed by atoms with Crippen molar-refractivity contribution in [3.63, 3.8) is 0 Å². The molecule has 0 saturated heterocycles. The molecule has 0 bridgehead atoms. The van der Waals surface area contributed by atoms with Gasteiger partial charge in [0.25, 0.3) is 0 Å². The first-order valence-electron chi connectivity index (χ1n) is 6.96. The molecule has 0 spiro atoms. The van der Waals surface area contributed by atoms with Gasteiger partial charge in [-0.15, -0.1) is 0 Å². The maximum absolute atomic E-state index is 10.7. The molecular weight excluding hydrogens is 426 g/mol. The van der Waals surface area contributed by atoms with Gasteiger partial charge in [-0.1, -0.05) is 35.0 Å². The molecule has 0 radical (unpaired) electrons. The van der Waals surface area contributed by atoms with Gasteiger partial charge in [-0.05, 0) is 52.2 Å². The van der Waals surface area contributed by atoms with Crippen molar-refractivity contribution in [3.8, 4) is 5.75 Å². The van der Waals surface area contributed by atoms with Gasteiger partial charge in [-0.25, -0.2) is 4.79 Å². The third-order valence-corrected chi connectivity index (χ3v) is 4.12. The summed E-state index contributed by atoms with van der Waals surface area (Å²) in [7, 11) is 0. The molecule has 23 heavy (non-hydrogen) atoms. The van der Waals surface area contributed by atoms with Crippen molar-refractivity contribution in [1.29, 1.82) is 0 Å². The van der Waals surface area contributed by atoms with Crippen LogP contribution in [0.15, 0.2) is 50.3 Å². The Balaban J connectivity index is 2.29. The van der Waals surface area contributed by atoms with Crippen LogP contribution in [0.3, 0.4) is 0 Å². The number of carboxylic acid groups (broad SMARTS) is 1. The van der Waals surface area contributed by atoms with E-state index in [1.807, 2.05) is 30.3 Å². The van der Waals surface area contributed by atoms with E-state index < -0.39 is 12.6 Å². The smallest absolute Gasteiger partial charge is 0.341 e. The van der Waals surface area contributed by atoms with Crippen LogP contribution in [0.1, 0.15) is 18.1 Å². The molecule has 6 heteroatoms. The van der Waals surface area contributed by atoms with E-state index in [0.29, 0.717) is 15.8 Å².